The molecule has 2 aliphatic rings. The van der Waals surface area contributed by atoms with Crippen LogP contribution in [0.15, 0.2) is 12.1 Å². The molecule has 7 nitrogen and oxygen atoms in total. The molecule has 0 radical (unpaired) electrons. The van der Waals surface area contributed by atoms with Crippen molar-refractivity contribution >= 4 is 11.8 Å². The summed E-state index contributed by atoms with van der Waals surface area (Å²) in [5.74, 6) is -1.71. The van der Waals surface area contributed by atoms with E-state index in [1.807, 2.05) is 0 Å². The molecule has 1 aliphatic carbocycles. The molecule has 1 saturated heterocycles. The van der Waals surface area contributed by atoms with Crippen molar-refractivity contribution in [2.75, 3.05) is 26.2 Å². The first-order valence-electron chi connectivity index (χ1n) is 7.30. The number of carbonyl (C=O) groups excluding carboxylic acids is 2. The third kappa shape index (κ3) is 2.66. The van der Waals surface area contributed by atoms with Crippen molar-refractivity contribution in [1.82, 2.24) is 9.80 Å². The molecule has 22 heavy (non-hydrogen) atoms. The van der Waals surface area contributed by atoms with Gasteiger partial charge in [-0.15, -0.1) is 0 Å². The molecule has 2 amide bonds. The van der Waals surface area contributed by atoms with Gasteiger partial charge in [-0.3, -0.25) is 9.59 Å². The Morgan fingerprint density at radius 3 is 1.91 bits per heavy atom. The fraction of sp³-hybridized carbons (Fsp3) is 0.467. The number of aromatic hydroxyl groups is 3. The molecule has 118 valence electrons. The van der Waals surface area contributed by atoms with E-state index in [0.717, 1.165) is 25.0 Å². The third-order valence-corrected chi connectivity index (χ3v) is 4.12. The molecule has 1 aliphatic heterocycles. The van der Waals surface area contributed by atoms with Gasteiger partial charge in [-0.2, -0.15) is 0 Å². The van der Waals surface area contributed by atoms with Crippen molar-refractivity contribution in [2.24, 2.45) is 5.92 Å². The number of hydrogen-bond donors (Lipinski definition) is 3. The van der Waals surface area contributed by atoms with Gasteiger partial charge in [0.15, 0.2) is 17.2 Å². The molecule has 2 fully saturated rings. The van der Waals surface area contributed by atoms with Gasteiger partial charge in [0.1, 0.15) is 0 Å². The minimum Gasteiger partial charge on any atom is -0.504 e. The predicted octanol–water partition coefficient (Wildman–Crippen LogP) is 0.498. The predicted molar refractivity (Wildman–Crippen MR) is 76.6 cm³/mol. The van der Waals surface area contributed by atoms with Gasteiger partial charge in [0.2, 0.25) is 5.91 Å². The van der Waals surface area contributed by atoms with Gasteiger partial charge in [-0.1, -0.05) is 0 Å². The van der Waals surface area contributed by atoms with E-state index in [0.29, 0.717) is 26.2 Å². The number of piperazine rings is 1. The van der Waals surface area contributed by atoms with Gasteiger partial charge >= 0.3 is 0 Å². The van der Waals surface area contributed by atoms with Gasteiger partial charge in [0, 0.05) is 37.7 Å². The lowest BCUT2D eigenvalue weighted by Crippen LogP contribution is -2.51. The van der Waals surface area contributed by atoms with E-state index in [4.69, 9.17) is 0 Å². The molecule has 7 heteroatoms. The molecule has 0 unspecified atom stereocenters. The van der Waals surface area contributed by atoms with Gasteiger partial charge < -0.3 is 25.1 Å². The Morgan fingerprint density at radius 2 is 1.41 bits per heavy atom. The van der Waals surface area contributed by atoms with Crippen molar-refractivity contribution in [3.05, 3.63) is 17.7 Å². The molecule has 0 aromatic heterocycles. The number of carbonyl (C=O) groups is 2. The summed E-state index contributed by atoms with van der Waals surface area (Å²) in [6.45, 7) is 1.83. The maximum atomic E-state index is 12.4. The zero-order chi connectivity index (χ0) is 15.9. The van der Waals surface area contributed by atoms with E-state index < -0.39 is 17.2 Å². The van der Waals surface area contributed by atoms with Gasteiger partial charge in [-0.05, 0) is 25.0 Å². The Bertz CT molecular complexity index is 595. The monoisotopic (exact) mass is 306 g/mol. The van der Waals surface area contributed by atoms with E-state index in [9.17, 15) is 24.9 Å². The first-order valence-corrected chi connectivity index (χ1v) is 7.30. The molecular weight excluding hydrogens is 288 g/mol. The number of hydrogen-bond acceptors (Lipinski definition) is 5. The summed E-state index contributed by atoms with van der Waals surface area (Å²) < 4.78 is 0. The van der Waals surface area contributed by atoms with Crippen LogP contribution in [-0.2, 0) is 4.79 Å². The number of amides is 2. The molecule has 3 rings (SSSR count). The Kier molecular flexibility index (Phi) is 3.56. The molecular formula is C15H18N2O5. The quantitative estimate of drug-likeness (QED) is 0.691. The van der Waals surface area contributed by atoms with Crippen molar-refractivity contribution < 1.29 is 24.9 Å². The van der Waals surface area contributed by atoms with Crippen molar-refractivity contribution in [3.8, 4) is 17.2 Å². The normalized spacial score (nSPS) is 18.4. The van der Waals surface area contributed by atoms with Crippen LogP contribution in [0.3, 0.4) is 0 Å². The highest BCUT2D eigenvalue weighted by atomic mass is 16.3. The van der Waals surface area contributed by atoms with E-state index in [2.05, 4.69) is 0 Å². The number of phenols is 3. The number of rotatable bonds is 2. The zero-order valence-corrected chi connectivity index (χ0v) is 12.0. The lowest BCUT2D eigenvalue weighted by atomic mass is 10.1. The maximum Gasteiger partial charge on any atom is 0.254 e. The van der Waals surface area contributed by atoms with Crippen LogP contribution in [0, 0.1) is 5.92 Å². The summed E-state index contributed by atoms with van der Waals surface area (Å²) in [4.78, 5) is 27.7. The van der Waals surface area contributed by atoms with E-state index in [-0.39, 0.29) is 23.3 Å². The Morgan fingerprint density at radius 1 is 0.909 bits per heavy atom. The SMILES string of the molecule is O=C(c1cc(O)c(O)c(O)c1)N1CCN(C(=O)C2CC2)CC1. The summed E-state index contributed by atoms with van der Waals surface area (Å²) in [7, 11) is 0. The zero-order valence-electron chi connectivity index (χ0n) is 12.0. The van der Waals surface area contributed by atoms with E-state index in [1.54, 1.807) is 9.80 Å². The van der Waals surface area contributed by atoms with Gasteiger partial charge in [0.05, 0.1) is 0 Å². The average Bonchev–Trinajstić information content (AvgIpc) is 3.35. The van der Waals surface area contributed by atoms with Gasteiger partial charge in [-0.25, -0.2) is 0 Å². The number of nitrogens with zero attached hydrogens (tertiary/aromatic N) is 2. The van der Waals surface area contributed by atoms with Crippen LogP contribution in [0.2, 0.25) is 0 Å². The fourth-order valence-corrected chi connectivity index (χ4v) is 2.63. The average molecular weight is 306 g/mol. The van der Waals surface area contributed by atoms with Gasteiger partial charge in [0.25, 0.3) is 5.91 Å². The number of phenolic OH excluding ortho intramolecular Hbond substituents is 3. The fourth-order valence-electron chi connectivity index (χ4n) is 2.63. The molecule has 1 aromatic rings. The van der Waals surface area contributed by atoms with Crippen LogP contribution in [-0.4, -0.2) is 63.1 Å². The number of benzene rings is 1. The summed E-state index contributed by atoms with van der Waals surface area (Å²) in [5.41, 5.74) is 0.106. The topological polar surface area (TPSA) is 101 Å². The summed E-state index contributed by atoms with van der Waals surface area (Å²) >= 11 is 0. The second-order valence-corrected chi connectivity index (χ2v) is 5.75. The second kappa shape index (κ2) is 5.40. The van der Waals surface area contributed by atoms with Crippen molar-refractivity contribution in [1.29, 1.82) is 0 Å². The molecule has 0 bridgehead atoms. The maximum absolute atomic E-state index is 12.4. The van der Waals surface area contributed by atoms with Crippen molar-refractivity contribution in [3.63, 3.8) is 0 Å². The second-order valence-electron chi connectivity index (χ2n) is 5.75. The minimum atomic E-state index is -0.642. The third-order valence-electron chi connectivity index (χ3n) is 4.12. The standard InChI is InChI=1S/C15H18N2O5/c18-11-7-10(8-12(19)13(11)20)15(22)17-5-3-16(4-6-17)14(21)9-1-2-9/h7-9,18-20H,1-6H2. The lowest BCUT2D eigenvalue weighted by molar-refractivity contribution is -0.134. The summed E-state index contributed by atoms with van der Waals surface area (Å²) in [5, 5.41) is 28.3. The summed E-state index contributed by atoms with van der Waals surface area (Å²) in [6.07, 6.45) is 1.92. The summed E-state index contributed by atoms with van der Waals surface area (Å²) in [6, 6.07) is 2.25. The Balaban J connectivity index is 1.65. The lowest BCUT2D eigenvalue weighted by Gasteiger charge is -2.35. The first-order chi connectivity index (χ1) is 10.5. The molecule has 1 aromatic carbocycles. The Labute approximate surface area is 127 Å². The molecule has 1 saturated carbocycles. The van der Waals surface area contributed by atoms with Crippen molar-refractivity contribution in [2.45, 2.75) is 12.8 Å². The van der Waals surface area contributed by atoms with Crippen LogP contribution in [0.1, 0.15) is 23.2 Å². The highest BCUT2D eigenvalue weighted by Gasteiger charge is 2.35. The van der Waals surface area contributed by atoms with E-state index >= 15 is 0 Å². The van der Waals surface area contributed by atoms with Crippen LogP contribution in [0.25, 0.3) is 0 Å². The largest absolute Gasteiger partial charge is 0.504 e. The van der Waals surface area contributed by atoms with Crippen LogP contribution >= 0.6 is 0 Å². The first kappa shape index (κ1) is 14.5. The molecule has 0 spiro atoms. The highest BCUT2D eigenvalue weighted by molar-refractivity contribution is 5.95. The molecule has 3 N–H and O–H groups in total. The highest BCUT2D eigenvalue weighted by Crippen LogP contribution is 2.36. The minimum absolute atomic E-state index is 0.106. The smallest absolute Gasteiger partial charge is 0.254 e. The van der Waals surface area contributed by atoms with Crippen LogP contribution < -0.4 is 0 Å². The molecule has 0 atom stereocenters. The van der Waals surface area contributed by atoms with E-state index in [1.165, 1.54) is 0 Å². The molecule has 1 heterocycles. The van der Waals surface area contributed by atoms with Crippen LogP contribution in [0.4, 0.5) is 0 Å². The Hall–Kier alpha value is -2.44. The van der Waals surface area contributed by atoms with Crippen LogP contribution in [0.5, 0.6) is 17.2 Å².